The fraction of sp³-hybridized carbons (Fsp3) is 1.00. The second-order valence-electron chi connectivity index (χ2n) is 3.24. The van der Waals surface area contributed by atoms with Crippen LogP contribution in [0.3, 0.4) is 0 Å². The lowest BCUT2D eigenvalue weighted by Crippen LogP contribution is -2.40. The van der Waals surface area contributed by atoms with Crippen LogP contribution in [0.1, 0.15) is 13.3 Å². The summed E-state index contributed by atoms with van der Waals surface area (Å²) in [6, 6.07) is 0. The summed E-state index contributed by atoms with van der Waals surface area (Å²) in [5.74, 6) is 0. The number of hydrogen-bond acceptors (Lipinski definition) is 4. The predicted octanol–water partition coefficient (Wildman–Crippen LogP) is 0.827. The molecule has 0 saturated heterocycles. The predicted molar refractivity (Wildman–Crippen MR) is 51.5 cm³/mol. The first-order valence-corrected chi connectivity index (χ1v) is 4.48. The fourth-order valence-electron chi connectivity index (χ4n) is 1.31. The normalized spacial score (nSPS) is 12.0. The van der Waals surface area contributed by atoms with Gasteiger partial charge in [-0.25, -0.2) is 5.48 Å². The highest BCUT2D eigenvalue weighted by molar-refractivity contribution is 4.78. The van der Waals surface area contributed by atoms with Gasteiger partial charge in [0, 0.05) is 26.2 Å². The van der Waals surface area contributed by atoms with Gasteiger partial charge in [-0.05, 0) is 6.42 Å². The van der Waals surface area contributed by atoms with E-state index in [0.29, 0.717) is 13.2 Å². The maximum atomic E-state index is 5.17. The Morgan fingerprint density at radius 3 is 1.92 bits per heavy atom. The van der Waals surface area contributed by atoms with Crippen molar-refractivity contribution in [1.82, 2.24) is 5.48 Å². The van der Waals surface area contributed by atoms with Gasteiger partial charge in [0.05, 0.1) is 20.3 Å². The maximum absolute atomic E-state index is 5.17. The average Bonchev–Trinajstić information content (AvgIpc) is 2.15. The Hall–Kier alpha value is -0.160. The van der Waals surface area contributed by atoms with E-state index in [9.17, 15) is 0 Å². The molecule has 4 nitrogen and oxygen atoms in total. The lowest BCUT2D eigenvalue weighted by Gasteiger charge is -2.30. The summed E-state index contributed by atoms with van der Waals surface area (Å²) in [5, 5.41) is 0. The molecule has 0 aromatic heterocycles. The molecule has 0 fully saturated rings. The van der Waals surface area contributed by atoms with Crippen molar-refractivity contribution in [2.45, 2.75) is 13.3 Å². The molecule has 0 spiro atoms. The van der Waals surface area contributed by atoms with Crippen LogP contribution in [0.5, 0.6) is 0 Å². The average molecular weight is 191 g/mol. The smallest absolute Gasteiger partial charge is 0.0572 e. The highest BCUT2D eigenvalue weighted by atomic mass is 16.6. The van der Waals surface area contributed by atoms with E-state index in [2.05, 4.69) is 12.4 Å². The van der Waals surface area contributed by atoms with E-state index in [0.717, 1.165) is 13.0 Å². The summed E-state index contributed by atoms with van der Waals surface area (Å²) in [5.41, 5.74) is 2.86. The maximum Gasteiger partial charge on any atom is 0.0572 e. The Morgan fingerprint density at radius 1 is 1.08 bits per heavy atom. The van der Waals surface area contributed by atoms with Crippen LogP contribution in [0.2, 0.25) is 0 Å². The molecule has 0 unspecified atom stereocenters. The van der Waals surface area contributed by atoms with Crippen LogP contribution >= 0.6 is 0 Å². The van der Waals surface area contributed by atoms with E-state index in [1.165, 1.54) is 0 Å². The molecule has 0 aromatic rings. The van der Waals surface area contributed by atoms with Crippen LogP contribution in [-0.4, -0.2) is 41.1 Å². The quantitative estimate of drug-likeness (QED) is 0.577. The molecule has 0 aromatic carbocycles. The molecule has 0 aliphatic carbocycles. The van der Waals surface area contributed by atoms with Gasteiger partial charge in [0.15, 0.2) is 0 Å². The lowest BCUT2D eigenvalue weighted by atomic mass is 9.87. The Labute approximate surface area is 80.5 Å². The van der Waals surface area contributed by atoms with E-state index < -0.39 is 0 Å². The Bertz CT molecular complexity index is 113. The van der Waals surface area contributed by atoms with Crippen molar-refractivity contribution in [1.29, 1.82) is 0 Å². The summed E-state index contributed by atoms with van der Waals surface area (Å²) in [6.45, 7) is 4.21. The largest absolute Gasteiger partial charge is 0.384 e. The van der Waals surface area contributed by atoms with E-state index in [1.807, 2.05) is 0 Å². The highest BCUT2D eigenvalue weighted by Crippen LogP contribution is 2.21. The molecule has 0 heterocycles. The molecule has 4 heteroatoms. The van der Waals surface area contributed by atoms with Crippen LogP contribution in [0.15, 0.2) is 0 Å². The number of methoxy groups -OCH3 is 2. The van der Waals surface area contributed by atoms with Crippen LogP contribution in [0.4, 0.5) is 0 Å². The van der Waals surface area contributed by atoms with Gasteiger partial charge in [-0.3, -0.25) is 0 Å². The second-order valence-corrected chi connectivity index (χ2v) is 3.24. The molecule has 13 heavy (non-hydrogen) atoms. The van der Waals surface area contributed by atoms with Crippen molar-refractivity contribution in [3.05, 3.63) is 0 Å². The molecule has 0 atom stereocenters. The zero-order valence-corrected chi connectivity index (χ0v) is 9.05. The first-order chi connectivity index (χ1) is 6.24. The van der Waals surface area contributed by atoms with E-state index in [1.54, 1.807) is 21.3 Å². The van der Waals surface area contributed by atoms with Crippen molar-refractivity contribution < 1.29 is 14.3 Å². The van der Waals surface area contributed by atoms with Crippen molar-refractivity contribution in [3.8, 4) is 0 Å². The van der Waals surface area contributed by atoms with Gasteiger partial charge in [-0.2, -0.15) is 0 Å². The minimum atomic E-state index is 0.0134. The molecular formula is C9H21NO3. The molecular weight excluding hydrogens is 170 g/mol. The van der Waals surface area contributed by atoms with Crippen LogP contribution in [0.25, 0.3) is 0 Å². The standard InChI is InChI=1S/C9H21NO3/c1-5-9(7-11-2,8-12-3)6-10-13-4/h10H,5-8H2,1-4H3. The zero-order chi connectivity index (χ0) is 10.2. The monoisotopic (exact) mass is 191 g/mol. The van der Waals surface area contributed by atoms with Crippen LogP contribution < -0.4 is 5.48 Å². The highest BCUT2D eigenvalue weighted by Gasteiger charge is 2.28. The third kappa shape index (κ3) is 4.57. The Kier molecular flexibility index (Phi) is 7.17. The summed E-state index contributed by atoms with van der Waals surface area (Å²) in [7, 11) is 5.01. The van der Waals surface area contributed by atoms with Gasteiger partial charge in [-0.15, -0.1) is 0 Å². The van der Waals surface area contributed by atoms with Crippen molar-refractivity contribution >= 4 is 0 Å². The molecule has 0 aliphatic heterocycles. The zero-order valence-electron chi connectivity index (χ0n) is 9.05. The lowest BCUT2D eigenvalue weighted by molar-refractivity contribution is -0.0260. The van der Waals surface area contributed by atoms with Gasteiger partial charge in [0.1, 0.15) is 0 Å². The van der Waals surface area contributed by atoms with Gasteiger partial charge in [0.2, 0.25) is 0 Å². The molecule has 0 bridgehead atoms. The van der Waals surface area contributed by atoms with Gasteiger partial charge < -0.3 is 14.3 Å². The van der Waals surface area contributed by atoms with Crippen LogP contribution in [0, 0.1) is 5.41 Å². The third-order valence-corrected chi connectivity index (χ3v) is 2.24. The second kappa shape index (κ2) is 7.26. The van der Waals surface area contributed by atoms with Gasteiger partial charge >= 0.3 is 0 Å². The molecule has 0 aliphatic rings. The Morgan fingerprint density at radius 2 is 1.62 bits per heavy atom. The summed E-state index contributed by atoms with van der Waals surface area (Å²) >= 11 is 0. The van der Waals surface area contributed by atoms with E-state index >= 15 is 0 Å². The molecule has 0 amide bonds. The SMILES string of the molecule is CCC(CNOC)(COC)COC. The molecule has 0 saturated carbocycles. The van der Waals surface area contributed by atoms with Gasteiger partial charge in [-0.1, -0.05) is 6.92 Å². The molecule has 0 radical (unpaired) electrons. The topological polar surface area (TPSA) is 39.7 Å². The number of rotatable bonds is 8. The number of nitrogens with one attached hydrogen (secondary N) is 1. The number of hydroxylamine groups is 1. The molecule has 0 rings (SSSR count). The summed E-state index contributed by atoms with van der Waals surface area (Å²) < 4.78 is 10.3. The first-order valence-electron chi connectivity index (χ1n) is 4.48. The van der Waals surface area contributed by atoms with Crippen LogP contribution in [-0.2, 0) is 14.3 Å². The summed E-state index contributed by atoms with van der Waals surface area (Å²) in [6.07, 6.45) is 0.991. The molecule has 80 valence electrons. The summed E-state index contributed by atoms with van der Waals surface area (Å²) in [4.78, 5) is 4.83. The van der Waals surface area contributed by atoms with E-state index in [4.69, 9.17) is 14.3 Å². The minimum absolute atomic E-state index is 0.0134. The first kappa shape index (κ1) is 12.8. The minimum Gasteiger partial charge on any atom is -0.384 e. The fourth-order valence-corrected chi connectivity index (χ4v) is 1.31. The Balaban J connectivity index is 4.07. The van der Waals surface area contributed by atoms with E-state index in [-0.39, 0.29) is 5.41 Å². The number of ether oxygens (including phenoxy) is 2. The van der Waals surface area contributed by atoms with Crippen molar-refractivity contribution in [3.63, 3.8) is 0 Å². The third-order valence-electron chi connectivity index (χ3n) is 2.24. The van der Waals surface area contributed by atoms with Gasteiger partial charge in [0.25, 0.3) is 0 Å². The van der Waals surface area contributed by atoms with Crippen molar-refractivity contribution in [2.75, 3.05) is 41.1 Å². The molecule has 1 N–H and O–H groups in total. The van der Waals surface area contributed by atoms with Crippen molar-refractivity contribution in [2.24, 2.45) is 5.41 Å². The number of hydrogen-bond donors (Lipinski definition) is 1.